The van der Waals surface area contributed by atoms with Crippen molar-refractivity contribution in [2.75, 3.05) is 0 Å². The maximum absolute atomic E-state index is 11.0. The van der Waals surface area contributed by atoms with Gasteiger partial charge in [-0.1, -0.05) is 0 Å². The third-order valence-corrected chi connectivity index (χ3v) is 0.367. The van der Waals surface area contributed by atoms with Gasteiger partial charge >= 0.3 is 6.18 Å². The summed E-state index contributed by atoms with van der Waals surface area (Å²) in [4.78, 5) is 0. The van der Waals surface area contributed by atoms with E-state index in [1.807, 2.05) is 0 Å². The molecule has 0 bridgehead atoms. The number of hydrogen-bond donors (Lipinski definition) is 0. The molecule has 0 atom stereocenters. The van der Waals surface area contributed by atoms with Crippen molar-refractivity contribution in [2.45, 2.75) is 6.18 Å². The summed E-state index contributed by atoms with van der Waals surface area (Å²) in [6, 6.07) is 0. The van der Waals surface area contributed by atoms with Crippen molar-refractivity contribution >= 4 is 0 Å². The van der Waals surface area contributed by atoms with Crippen molar-refractivity contribution < 1.29 is 22.0 Å². The Morgan fingerprint density at radius 1 is 1.25 bits per heavy atom. The van der Waals surface area contributed by atoms with Crippen LogP contribution < -0.4 is 0 Å². The van der Waals surface area contributed by atoms with Crippen LogP contribution in [0.4, 0.5) is 22.0 Å². The summed E-state index contributed by atoms with van der Waals surface area (Å²) in [6.45, 7) is 0. The molecule has 0 heterocycles. The summed E-state index contributed by atoms with van der Waals surface area (Å²) in [5.74, 6) is -2.71. The van der Waals surface area contributed by atoms with Gasteiger partial charge in [0.1, 0.15) is 6.33 Å². The van der Waals surface area contributed by atoms with Gasteiger partial charge in [0.2, 0.25) is 5.83 Å². The van der Waals surface area contributed by atoms with Gasteiger partial charge in [0.05, 0.1) is 0 Å². The minimum Gasteiger partial charge on any atom is -0.212 e. The minimum atomic E-state index is -5.17. The van der Waals surface area contributed by atoms with E-state index in [9.17, 15) is 22.0 Å². The zero-order valence-electron chi connectivity index (χ0n) is 3.47. The van der Waals surface area contributed by atoms with Gasteiger partial charge in [0.25, 0.3) is 0 Å². The lowest BCUT2D eigenvalue weighted by Crippen LogP contribution is -2.06. The molecule has 0 amide bonds. The van der Waals surface area contributed by atoms with E-state index in [1.54, 1.807) is 0 Å². The van der Waals surface area contributed by atoms with Crippen LogP contribution in [0.5, 0.6) is 0 Å². The number of allylic oxidation sites excluding steroid dienone is 1. The second-order valence-corrected chi connectivity index (χ2v) is 0.955. The summed E-state index contributed by atoms with van der Waals surface area (Å²) in [5.41, 5.74) is 0. The highest BCUT2D eigenvalue weighted by Gasteiger charge is 2.34. The van der Waals surface area contributed by atoms with Crippen LogP contribution in [0, 0.1) is 0 Å². The molecule has 0 spiro atoms. The predicted octanol–water partition coefficient (Wildman–Crippen LogP) is 2.33. The van der Waals surface area contributed by atoms with E-state index in [0.29, 0.717) is 0 Å². The smallest absolute Gasteiger partial charge is 0.212 e. The Labute approximate surface area is 41.6 Å². The van der Waals surface area contributed by atoms with Gasteiger partial charge in [0.15, 0.2) is 0 Å². The van der Waals surface area contributed by atoms with E-state index in [1.165, 1.54) is 0 Å². The molecule has 0 saturated heterocycles. The van der Waals surface area contributed by atoms with E-state index < -0.39 is 18.3 Å². The second-order valence-electron chi connectivity index (χ2n) is 0.955. The van der Waals surface area contributed by atoms with Gasteiger partial charge in [-0.2, -0.15) is 17.6 Å². The Balaban J connectivity index is 4.03. The maximum Gasteiger partial charge on any atom is 0.445 e. The van der Waals surface area contributed by atoms with E-state index in [2.05, 4.69) is 0 Å². The number of rotatable bonds is 0. The normalized spacial score (nSPS) is 14.4. The van der Waals surface area contributed by atoms with Crippen molar-refractivity contribution in [1.29, 1.82) is 0 Å². The van der Waals surface area contributed by atoms with Gasteiger partial charge in [-0.15, -0.1) is 0 Å². The average molecular weight is 132 g/mol. The van der Waals surface area contributed by atoms with Crippen molar-refractivity contribution in [3.05, 3.63) is 12.2 Å². The zero-order chi connectivity index (χ0) is 6.78. The lowest BCUT2D eigenvalue weighted by atomic mass is 10.6. The van der Waals surface area contributed by atoms with Crippen molar-refractivity contribution in [3.8, 4) is 0 Å². The maximum atomic E-state index is 11.0. The molecule has 5 heteroatoms. The lowest BCUT2D eigenvalue weighted by molar-refractivity contribution is -0.109. The summed E-state index contributed by atoms with van der Waals surface area (Å²) in [7, 11) is 0. The Kier molecular flexibility index (Phi) is 1.94. The third kappa shape index (κ3) is 1.90. The van der Waals surface area contributed by atoms with Gasteiger partial charge in [-0.3, -0.25) is 0 Å². The van der Waals surface area contributed by atoms with Gasteiger partial charge in [0, 0.05) is 0 Å². The van der Waals surface area contributed by atoms with Crippen LogP contribution in [0.15, 0.2) is 12.2 Å². The Hall–Kier alpha value is -0.610. The first-order valence-corrected chi connectivity index (χ1v) is 1.51. The Morgan fingerprint density at radius 2 is 1.62 bits per heavy atom. The second kappa shape index (κ2) is 2.11. The number of halogens is 5. The molecule has 0 aromatic heterocycles. The quantitative estimate of drug-likeness (QED) is 0.443. The fourth-order valence-corrected chi connectivity index (χ4v) is 0.0619. The molecule has 0 aliphatic heterocycles. The van der Waals surface area contributed by atoms with Crippen LogP contribution >= 0.6 is 0 Å². The molecule has 0 aromatic carbocycles. The largest absolute Gasteiger partial charge is 0.445 e. The van der Waals surface area contributed by atoms with E-state index >= 15 is 0 Å². The summed E-state index contributed by atoms with van der Waals surface area (Å²) in [6.07, 6.45) is -6.30. The molecule has 0 saturated carbocycles. The molecular weight excluding hydrogens is 131 g/mol. The molecule has 0 aliphatic rings. The van der Waals surface area contributed by atoms with Gasteiger partial charge in [-0.05, 0) is 0 Å². The number of hydrogen-bond acceptors (Lipinski definition) is 0. The highest BCUT2D eigenvalue weighted by atomic mass is 19.4. The van der Waals surface area contributed by atoms with Crippen molar-refractivity contribution in [2.24, 2.45) is 0 Å². The predicted molar refractivity (Wildman–Crippen MR) is 16.4 cm³/mol. The molecule has 0 fully saturated rings. The van der Waals surface area contributed by atoms with E-state index in [0.717, 1.165) is 0 Å². The average Bonchev–Trinajstić information content (AvgIpc) is 1.62. The van der Waals surface area contributed by atoms with Crippen molar-refractivity contribution in [3.63, 3.8) is 0 Å². The lowest BCUT2D eigenvalue weighted by Gasteiger charge is -1.97. The number of alkyl halides is 3. The van der Waals surface area contributed by atoms with Crippen molar-refractivity contribution in [1.82, 2.24) is 0 Å². The topological polar surface area (TPSA) is 0 Å². The van der Waals surface area contributed by atoms with Crippen LogP contribution in [0.2, 0.25) is 0 Å². The SMILES string of the molecule is FC=C(F)C(F)(F)F. The summed E-state index contributed by atoms with van der Waals surface area (Å²) in [5, 5.41) is 0. The summed E-state index contributed by atoms with van der Waals surface area (Å²) >= 11 is 0. The first kappa shape index (κ1) is 7.39. The molecule has 48 valence electrons. The summed E-state index contributed by atoms with van der Waals surface area (Å²) < 4.78 is 53.9. The third-order valence-electron chi connectivity index (χ3n) is 0.367. The van der Waals surface area contributed by atoms with E-state index in [4.69, 9.17) is 0 Å². The first-order valence-electron chi connectivity index (χ1n) is 1.51. The van der Waals surface area contributed by atoms with Gasteiger partial charge < -0.3 is 0 Å². The fourth-order valence-electron chi connectivity index (χ4n) is 0.0619. The molecule has 0 unspecified atom stereocenters. The molecule has 0 aromatic rings. The van der Waals surface area contributed by atoms with Crippen LogP contribution in [0.3, 0.4) is 0 Å². The molecule has 0 radical (unpaired) electrons. The highest BCUT2D eigenvalue weighted by molar-refractivity contribution is 4.92. The molecular formula is C3HF5. The highest BCUT2D eigenvalue weighted by Crippen LogP contribution is 2.25. The van der Waals surface area contributed by atoms with Crippen LogP contribution in [0.25, 0.3) is 0 Å². The van der Waals surface area contributed by atoms with Crippen LogP contribution in [0.1, 0.15) is 0 Å². The molecule has 0 nitrogen and oxygen atoms in total. The van der Waals surface area contributed by atoms with Gasteiger partial charge in [-0.25, -0.2) is 4.39 Å². The first-order chi connectivity index (χ1) is 3.48. The minimum absolute atomic E-state index is 1.12. The zero-order valence-corrected chi connectivity index (χ0v) is 3.47. The van der Waals surface area contributed by atoms with Crippen LogP contribution in [-0.2, 0) is 0 Å². The Bertz CT molecular complexity index is 98.7. The molecule has 0 N–H and O–H groups in total. The van der Waals surface area contributed by atoms with E-state index in [-0.39, 0.29) is 0 Å². The molecule has 8 heavy (non-hydrogen) atoms. The molecule has 0 rings (SSSR count). The fraction of sp³-hybridized carbons (Fsp3) is 0.333. The Morgan fingerprint density at radius 3 is 1.62 bits per heavy atom. The monoisotopic (exact) mass is 132 g/mol. The molecule has 0 aliphatic carbocycles. The standard InChI is InChI=1S/C3HF5/c4-1-2(5)3(6,7)8/h1H. The van der Waals surface area contributed by atoms with Crippen LogP contribution in [-0.4, -0.2) is 6.18 Å².